The maximum absolute atomic E-state index is 13.0. The number of aliphatic hydroxyl groups is 1. The highest BCUT2D eigenvalue weighted by Crippen LogP contribution is 2.38. The van der Waals surface area contributed by atoms with Gasteiger partial charge in [0.25, 0.3) is 7.82 Å². The number of carbonyl (C=O) groups excluding carboxylic acids is 1. The summed E-state index contributed by atoms with van der Waals surface area (Å²) >= 11 is 0. The zero-order chi connectivity index (χ0) is 54.2. The van der Waals surface area contributed by atoms with Crippen LogP contribution in [0.3, 0.4) is 0 Å². The van der Waals surface area contributed by atoms with Gasteiger partial charge < -0.3 is 28.8 Å². The number of carbonyl (C=O) groups is 1. The Morgan fingerprint density at radius 2 is 0.757 bits per heavy atom. The molecule has 3 unspecified atom stereocenters. The summed E-state index contributed by atoms with van der Waals surface area (Å²) < 4.78 is 23.4. The van der Waals surface area contributed by atoms with Gasteiger partial charge in [-0.2, -0.15) is 0 Å². The SMILES string of the molecule is CCCCCCCCCCCCCCCCCCCCCCCCCCCC/C=C/CC/C=C/C(O)C(COP(=O)([O-])OCC[N+](C)(C)C)NC(=O)CCCCCCCCCCCCCCCCCCCCCC. The number of nitrogens with one attached hydrogen (secondary N) is 1. The fraction of sp³-hybridized carbons (Fsp3) is 0.923. The minimum absolute atomic E-state index is 0.00355. The van der Waals surface area contributed by atoms with Crippen LogP contribution in [0.15, 0.2) is 24.3 Å². The van der Waals surface area contributed by atoms with E-state index in [0.717, 1.165) is 38.5 Å². The van der Waals surface area contributed by atoms with E-state index in [9.17, 15) is 19.4 Å². The summed E-state index contributed by atoms with van der Waals surface area (Å²) in [7, 11) is 1.26. The van der Waals surface area contributed by atoms with Gasteiger partial charge in [-0.25, -0.2) is 0 Å². The van der Waals surface area contributed by atoms with Crippen LogP contribution in [0.5, 0.6) is 0 Å². The maximum atomic E-state index is 13.0. The number of quaternary nitrogens is 1. The van der Waals surface area contributed by atoms with Gasteiger partial charge in [-0.05, 0) is 32.1 Å². The lowest BCUT2D eigenvalue weighted by Crippen LogP contribution is -2.45. The largest absolute Gasteiger partial charge is 0.756 e. The van der Waals surface area contributed by atoms with Gasteiger partial charge in [0.2, 0.25) is 5.91 Å². The molecular weight excluding hydrogens is 936 g/mol. The third kappa shape index (κ3) is 58.7. The number of phosphoric acid groups is 1. The molecule has 440 valence electrons. The molecule has 0 radical (unpaired) electrons. The summed E-state index contributed by atoms with van der Waals surface area (Å²) in [6.45, 7) is 4.69. The third-order valence-corrected chi connectivity index (χ3v) is 16.1. The van der Waals surface area contributed by atoms with Crippen molar-refractivity contribution in [3.8, 4) is 0 Å². The number of phosphoric ester groups is 1. The number of hydrogen-bond acceptors (Lipinski definition) is 6. The van der Waals surface area contributed by atoms with Crippen molar-refractivity contribution >= 4 is 13.7 Å². The van der Waals surface area contributed by atoms with Crippen molar-refractivity contribution in [1.82, 2.24) is 5.32 Å². The summed E-state index contributed by atoms with van der Waals surface area (Å²) in [6, 6.07) is -0.901. The number of unbranched alkanes of at least 4 members (excludes halogenated alkanes) is 46. The third-order valence-electron chi connectivity index (χ3n) is 15.2. The normalized spacial score (nSPS) is 13.9. The topological polar surface area (TPSA) is 108 Å². The first-order valence-electron chi connectivity index (χ1n) is 32.7. The second-order valence-corrected chi connectivity index (χ2v) is 25.2. The number of hydrogen-bond donors (Lipinski definition) is 2. The summed E-state index contributed by atoms with van der Waals surface area (Å²) in [4.78, 5) is 25.5. The van der Waals surface area contributed by atoms with Gasteiger partial charge >= 0.3 is 0 Å². The number of likely N-dealkylation sites (N-methyl/N-ethyl adjacent to an activating group) is 1. The number of nitrogens with zero attached hydrogens (tertiary/aromatic N) is 1. The fourth-order valence-corrected chi connectivity index (χ4v) is 10.8. The Bertz CT molecular complexity index is 1260. The molecule has 3 atom stereocenters. The maximum Gasteiger partial charge on any atom is 0.268 e. The highest BCUT2D eigenvalue weighted by Gasteiger charge is 2.23. The molecule has 74 heavy (non-hydrogen) atoms. The molecule has 8 nitrogen and oxygen atoms in total. The van der Waals surface area contributed by atoms with E-state index in [2.05, 4.69) is 31.3 Å². The summed E-state index contributed by atoms with van der Waals surface area (Å²) in [5, 5.41) is 13.9. The average Bonchev–Trinajstić information content (AvgIpc) is 3.36. The Kier molecular flexibility index (Phi) is 55.9. The minimum Gasteiger partial charge on any atom is -0.756 e. The lowest BCUT2D eigenvalue weighted by molar-refractivity contribution is -0.870. The zero-order valence-corrected chi connectivity index (χ0v) is 51.2. The lowest BCUT2D eigenvalue weighted by atomic mass is 10.0. The lowest BCUT2D eigenvalue weighted by Gasteiger charge is -2.29. The fourth-order valence-electron chi connectivity index (χ4n) is 10.1. The Morgan fingerprint density at radius 3 is 1.09 bits per heavy atom. The van der Waals surface area contributed by atoms with Crippen LogP contribution in [0.1, 0.15) is 335 Å². The second kappa shape index (κ2) is 56.7. The molecule has 0 aromatic heterocycles. The van der Waals surface area contributed by atoms with Gasteiger partial charge in [-0.15, -0.1) is 0 Å². The van der Waals surface area contributed by atoms with Crippen LogP contribution in [-0.2, 0) is 18.4 Å². The monoisotopic (exact) mass is 1060 g/mol. The molecule has 0 aliphatic carbocycles. The van der Waals surface area contributed by atoms with E-state index in [1.54, 1.807) is 6.08 Å². The van der Waals surface area contributed by atoms with Crippen molar-refractivity contribution in [1.29, 1.82) is 0 Å². The minimum atomic E-state index is -4.61. The van der Waals surface area contributed by atoms with E-state index in [-0.39, 0.29) is 19.1 Å². The van der Waals surface area contributed by atoms with E-state index in [4.69, 9.17) is 9.05 Å². The Labute approximate surface area is 462 Å². The van der Waals surface area contributed by atoms with Crippen molar-refractivity contribution in [3.05, 3.63) is 24.3 Å². The molecule has 0 saturated carbocycles. The highest BCUT2D eigenvalue weighted by molar-refractivity contribution is 7.45. The molecule has 0 aliphatic heterocycles. The van der Waals surface area contributed by atoms with Crippen LogP contribution in [0.4, 0.5) is 0 Å². The van der Waals surface area contributed by atoms with Gasteiger partial charge in [0.1, 0.15) is 13.2 Å². The van der Waals surface area contributed by atoms with Gasteiger partial charge in [-0.1, -0.05) is 321 Å². The number of amides is 1. The Balaban J connectivity index is 4.09. The summed E-state index contributed by atoms with van der Waals surface area (Å²) in [5.74, 6) is -0.200. The van der Waals surface area contributed by atoms with Crippen molar-refractivity contribution in [2.75, 3.05) is 40.9 Å². The number of aliphatic hydroxyl groups excluding tert-OH is 1. The first-order chi connectivity index (χ1) is 36.0. The molecule has 0 aromatic carbocycles. The van der Waals surface area contributed by atoms with E-state index < -0.39 is 20.0 Å². The Morgan fingerprint density at radius 1 is 0.459 bits per heavy atom. The van der Waals surface area contributed by atoms with Crippen molar-refractivity contribution in [3.63, 3.8) is 0 Å². The molecule has 0 rings (SSSR count). The summed E-state index contributed by atoms with van der Waals surface area (Å²) in [5.41, 5.74) is 0. The van der Waals surface area contributed by atoms with Gasteiger partial charge in [0, 0.05) is 6.42 Å². The van der Waals surface area contributed by atoms with Gasteiger partial charge in [0.05, 0.1) is 39.9 Å². The van der Waals surface area contributed by atoms with Crippen LogP contribution in [0.2, 0.25) is 0 Å². The van der Waals surface area contributed by atoms with Crippen molar-refractivity contribution in [2.24, 2.45) is 0 Å². The smallest absolute Gasteiger partial charge is 0.268 e. The highest BCUT2D eigenvalue weighted by atomic mass is 31.2. The zero-order valence-electron chi connectivity index (χ0n) is 50.3. The molecule has 2 N–H and O–H groups in total. The molecule has 9 heteroatoms. The van der Waals surface area contributed by atoms with E-state index in [0.29, 0.717) is 17.4 Å². The molecular formula is C65H129N2O6P. The molecule has 0 aliphatic rings. The van der Waals surface area contributed by atoms with Crippen LogP contribution in [-0.4, -0.2) is 68.5 Å². The van der Waals surface area contributed by atoms with Gasteiger partial charge in [0.15, 0.2) is 0 Å². The predicted molar refractivity (Wildman–Crippen MR) is 321 cm³/mol. The van der Waals surface area contributed by atoms with E-state index in [1.807, 2.05) is 27.2 Å². The molecule has 0 bridgehead atoms. The van der Waals surface area contributed by atoms with Crippen molar-refractivity contribution < 1.29 is 32.9 Å². The van der Waals surface area contributed by atoms with Crippen LogP contribution < -0.4 is 10.2 Å². The second-order valence-electron chi connectivity index (χ2n) is 23.8. The Hall–Kier alpha value is -1.02. The summed E-state index contributed by atoms with van der Waals surface area (Å²) in [6.07, 6.45) is 72.9. The standard InChI is InChI=1S/C65H129N2O6P/c1-6-8-10-12-14-16-18-20-22-24-26-28-29-30-31-32-33-34-35-36-37-38-39-40-42-44-46-48-50-52-54-56-58-64(68)63(62-73-74(70,71)72-61-60-67(3,4)5)66-65(69)59-57-55-53-51-49-47-45-43-41-27-25-23-21-19-17-15-13-11-9-7-2/h48,50,56,58,63-64,68H,6-47,49,51-55,57,59-62H2,1-5H3,(H-,66,69,70,71)/b50-48+,58-56+. The van der Waals surface area contributed by atoms with Crippen LogP contribution in [0, 0.1) is 0 Å². The molecule has 1 amide bonds. The quantitative estimate of drug-likeness (QED) is 0.0272. The number of rotatable bonds is 61. The molecule has 0 spiro atoms. The molecule has 0 heterocycles. The average molecular weight is 1070 g/mol. The molecule has 0 saturated heterocycles. The van der Waals surface area contributed by atoms with E-state index in [1.165, 1.54) is 276 Å². The predicted octanol–water partition coefficient (Wildman–Crippen LogP) is 19.7. The van der Waals surface area contributed by atoms with Crippen molar-refractivity contribution in [2.45, 2.75) is 347 Å². The first-order valence-corrected chi connectivity index (χ1v) is 34.2. The van der Waals surface area contributed by atoms with Crippen LogP contribution >= 0.6 is 7.82 Å². The van der Waals surface area contributed by atoms with E-state index >= 15 is 0 Å². The first kappa shape index (κ1) is 73.0. The van der Waals surface area contributed by atoms with Crippen LogP contribution in [0.25, 0.3) is 0 Å². The molecule has 0 aromatic rings. The molecule has 0 fully saturated rings. The number of allylic oxidation sites excluding steroid dienone is 3. The van der Waals surface area contributed by atoms with Gasteiger partial charge in [-0.3, -0.25) is 9.36 Å².